The maximum atomic E-state index is 12.4. The van der Waals surface area contributed by atoms with Crippen LogP contribution >= 0.6 is 0 Å². The fraction of sp³-hybridized carbons (Fsp3) is 0.545. The lowest BCUT2D eigenvalue weighted by atomic mass is 9.87. The molecule has 1 N–H and O–H groups in total. The van der Waals surface area contributed by atoms with Crippen LogP contribution < -0.4 is 14.8 Å². The van der Waals surface area contributed by atoms with Gasteiger partial charge in [0.15, 0.2) is 0 Å². The molecule has 0 atom stereocenters. The van der Waals surface area contributed by atoms with E-state index in [0.29, 0.717) is 17.9 Å². The predicted molar refractivity (Wildman–Crippen MR) is 107 cm³/mol. The van der Waals surface area contributed by atoms with E-state index in [4.69, 9.17) is 4.74 Å². The molecule has 156 valence electrons. The predicted octanol–water partition coefficient (Wildman–Crippen LogP) is 5.67. The Morgan fingerprint density at radius 3 is 2.38 bits per heavy atom. The molecular weight excluding hydrogens is 376 g/mol. The molecule has 4 rings (SSSR count). The summed E-state index contributed by atoms with van der Waals surface area (Å²) in [6.45, 7) is -0.543. The lowest BCUT2D eigenvalue weighted by molar-refractivity contribution is -0.0498. The highest BCUT2D eigenvalue weighted by Crippen LogP contribution is 2.34. The molecule has 1 aromatic heterocycles. The number of hydrogen-bond donors (Lipinski definition) is 1. The molecule has 0 aliphatic heterocycles. The number of nitrogens with one attached hydrogen (secondary N) is 1. The smallest absolute Gasteiger partial charge is 0.387 e. The molecule has 2 aromatic rings. The molecule has 2 aliphatic rings. The van der Waals surface area contributed by atoms with E-state index in [1.54, 1.807) is 18.3 Å². The van der Waals surface area contributed by atoms with Crippen molar-refractivity contribution in [1.82, 2.24) is 9.97 Å². The highest BCUT2D eigenvalue weighted by molar-refractivity contribution is 5.69. The van der Waals surface area contributed by atoms with Gasteiger partial charge in [-0.05, 0) is 68.6 Å². The van der Waals surface area contributed by atoms with Gasteiger partial charge in [0.2, 0.25) is 11.8 Å². The number of hydrogen-bond acceptors (Lipinski definition) is 5. The van der Waals surface area contributed by atoms with E-state index in [0.717, 1.165) is 49.1 Å². The van der Waals surface area contributed by atoms with Gasteiger partial charge in [-0.15, -0.1) is 0 Å². The summed E-state index contributed by atoms with van der Waals surface area (Å²) in [6.07, 6.45) is 9.80. The number of nitrogens with zero attached hydrogens (tertiary/aromatic N) is 2. The van der Waals surface area contributed by atoms with Gasteiger partial charge in [0.1, 0.15) is 11.9 Å². The molecular formula is C22H27F2N3O2. The lowest BCUT2D eigenvalue weighted by Gasteiger charge is -2.28. The van der Waals surface area contributed by atoms with Gasteiger partial charge < -0.3 is 14.8 Å². The van der Waals surface area contributed by atoms with Crippen molar-refractivity contribution in [3.8, 4) is 22.8 Å². The van der Waals surface area contributed by atoms with E-state index < -0.39 is 6.61 Å². The first-order valence-corrected chi connectivity index (χ1v) is 10.4. The van der Waals surface area contributed by atoms with Crippen molar-refractivity contribution in [2.45, 2.75) is 70.6 Å². The van der Waals surface area contributed by atoms with Crippen LogP contribution in [0.5, 0.6) is 11.6 Å². The molecule has 1 heterocycles. The number of benzene rings is 1. The highest BCUT2D eigenvalue weighted by Gasteiger charge is 2.23. The van der Waals surface area contributed by atoms with Crippen molar-refractivity contribution in [2.75, 3.05) is 5.32 Å². The van der Waals surface area contributed by atoms with Gasteiger partial charge in [0, 0.05) is 12.2 Å². The number of aromatic nitrogens is 2. The second-order valence-corrected chi connectivity index (χ2v) is 8.09. The normalized spacial score (nSPS) is 22.2. The van der Waals surface area contributed by atoms with Crippen LogP contribution in [0.15, 0.2) is 30.5 Å². The zero-order valence-corrected chi connectivity index (χ0v) is 16.6. The number of anilines is 1. The molecule has 2 fully saturated rings. The van der Waals surface area contributed by atoms with Crippen molar-refractivity contribution in [3.05, 3.63) is 30.5 Å². The van der Waals surface area contributed by atoms with Gasteiger partial charge >= 0.3 is 6.61 Å². The number of halogens is 2. The van der Waals surface area contributed by atoms with Gasteiger partial charge in [-0.2, -0.15) is 13.8 Å². The van der Waals surface area contributed by atoms with Crippen molar-refractivity contribution >= 4 is 5.95 Å². The zero-order chi connectivity index (χ0) is 20.2. The fourth-order valence-corrected chi connectivity index (χ4v) is 3.77. The molecule has 29 heavy (non-hydrogen) atoms. The largest absolute Gasteiger partial charge is 0.474 e. The Kier molecular flexibility index (Phi) is 6.11. The Morgan fingerprint density at radius 1 is 1.03 bits per heavy atom. The van der Waals surface area contributed by atoms with Crippen LogP contribution in [0.2, 0.25) is 0 Å². The van der Waals surface area contributed by atoms with E-state index in [1.165, 1.54) is 25.0 Å². The lowest BCUT2D eigenvalue weighted by Crippen LogP contribution is -2.27. The average molecular weight is 403 g/mol. The maximum absolute atomic E-state index is 12.4. The second-order valence-electron chi connectivity index (χ2n) is 8.09. The molecule has 7 heteroatoms. The Balaban J connectivity index is 1.54. The first-order chi connectivity index (χ1) is 14.1. The van der Waals surface area contributed by atoms with Crippen LogP contribution in [0.1, 0.15) is 51.9 Å². The summed E-state index contributed by atoms with van der Waals surface area (Å²) in [5.41, 5.74) is 1.56. The van der Waals surface area contributed by atoms with Gasteiger partial charge in [0.25, 0.3) is 0 Å². The Hall–Kier alpha value is -2.44. The first-order valence-electron chi connectivity index (χ1n) is 10.4. The standard InChI is InChI=1S/C22H27F2N3O2/c1-14-5-9-16(10-6-14)26-22-25-13-19(20(27-22)28-17-3-2-4-17)15-7-11-18(12-8-15)29-21(23)24/h7-8,11-14,16-17,21H,2-6,9-10H2,1H3,(H,25,26,27)/t14-,16-. The van der Waals surface area contributed by atoms with E-state index in [2.05, 4.69) is 26.9 Å². The van der Waals surface area contributed by atoms with Gasteiger partial charge in [-0.1, -0.05) is 19.1 Å². The Labute approximate surface area is 169 Å². The second kappa shape index (κ2) is 8.93. The van der Waals surface area contributed by atoms with Crippen molar-refractivity contribution in [1.29, 1.82) is 0 Å². The third kappa shape index (κ3) is 5.14. The summed E-state index contributed by atoms with van der Waals surface area (Å²) in [5.74, 6) is 2.03. The summed E-state index contributed by atoms with van der Waals surface area (Å²) in [7, 11) is 0. The van der Waals surface area contributed by atoms with Crippen molar-refractivity contribution in [3.63, 3.8) is 0 Å². The zero-order valence-electron chi connectivity index (χ0n) is 16.6. The topological polar surface area (TPSA) is 56.3 Å². The van der Waals surface area contributed by atoms with Crippen LogP contribution in [0.25, 0.3) is 11.1 Å². The monoisotopic (exact) mass is 403 g/mol. The minimum Gasteiger partial charge on any atom is -0.474 e. The summed E-state index contributed by atoms with van der Waals surface area (Å²) in [5, 5.41) is 3.45. The summed E-state index contributed by atoms with van der Waals surface area (Å²) in [4.78, 5) is 9.16. The molecule has 0 saturated heterocycles. The molecule has 5 nitrogen and oxygen atoms in total. The van der Waals surface area contributed by atoms with E-state index in [-0.39, 0.29) is 11.9 Å². The SMILES string of the molecule is C[C@H]1CC[C@H](Nc2ncc(-c3ccc(OC(F)F)cc3)c(OC3CCC3)n2)CC1. The summed E-state index contributed by atoms with van der Waals surface area (Å²) in [6, 6.07) is 6.87. The van der Waals surface area contributed by atoms with Gasteiger partial charge in [-0.3, -0.25) is 0 Å². The quantitative estimate of drug-likeness (QED) is 0.646. The third-order valence-electron chi connectivity index (χ3n) is 5.82. The molecule has 1 aromatic carbocycles. The van der Waals surface area contributed by atoms with E-state index in [9.17, 15) is 8.78 Å². The molecule has 2 saturated carbocycles. The highest BCUT2D eigenvalue weighted by atomic mass is 19.3. The van der Waals surface area contributed by atoms with Crippen LogP contribution in [0.3, 0.4) is 0 Å². The minimum atomic E-state index is -2.84. The first kappa shape index (κ1) is 19.9. The number of alkyl halides is 2. The summed E-state index contributed by atoms with van der Waals surface area (Å²) < 4.78 is 35.3. The van der Waals surface area contributed by atoms with Crippen LogP contribution in [-0.2, 0) is 0 Å². The van der Waals surface area contributed by atoms with E-state index in [1.807, 2.05) is 0 Å². The molecule has 0 amide bonds. The van der Waals surface area contributed by atoms with Gasteiger partial charge in [0.05, 0.1) is 5.56 Å². The average Bonchev–Trinajstić information content (AvgIpc) is 2.67. The van der Waals surface area contributed by atoms with Crippen LogP contribution in [-0.4, -0.2) is 28.7 Å². The van der Waals surface area contributed by atoms with Crippen molar-refractivity contribution < 1.29 is 18.3 Å². The molecule has 2 aliphatic carbocycles. The van der Waals surface area contributed by atoms with Crippen LogP contribution in [0, 0.1) is 5.92 Å². The summed E-state index contributed by atoms with van der Waals surface area (Å²) >= 11 is 0. The van der Waals surface area contributed by atoms with Gasteiger partial charge in [-0.25, -0.2) is 4.98 Å². The fourth-order valence-electron chi connectivity index (χ4n) is 3.77. The number of ether oxygens (including phenoxy) is 2. The van der Waals surface area contributed by atoms with Crippen LogP contribution in [0.4, 0.5) is 14.7 Å². The maximum Gasteiger partial charge on any atom is 0.387 e. The third-order valence-corrected chi connectivity index (χ3v) is 5.82. The molecule has 0 bridgehead atoms. The Bertz CT molecular complexity index is 804. The minimum absolute atomic E-state index is 0.121. The number of rotatable bonds is 7. The molecule has 0 radical (unpaired) electrons. The molecule has 0 unspecified atom stereocenters. The molecule has 0 spiro atoms. The Morgan fingerprint density at radius 2 is 1.76 bits per heavy atom. The van der Waals surface area contributed by atoms with E-state index >= 15 is 0 Å². The van der Waals surface area contributed by atoms with Crippen molar-refractivity contribution in [2.24, 2.45) is 5.92 Å².